The average Bonchev–Trinajstić information content (AvgIpc) is 2.98. The lowest BCUT2D eigenvalue weighted by atomic mass is 10.0. The number of benzene rings is 1. The van der Waals surface area contributed by atoms with Crippen LogP contribution in [-0.4, -0.2) is 18.2 Å². The molecule has 3 rings (SSSR count). The summed E-state index contributed by atoms with van der Waals surface area (Å²) in [6.07, 6.45) is 0.339. The third kappa shape index (κ3) is 1.70. The van der Waals surface area contributed by atoms with Gasteiger partial charge in [0, 0.05) is 6.61 Å². The van der Waals surface area contributed by atoms with E-state index in [1.165, 1.54) is 0 Å². The van der Waals surface area contributed by atoms with Gasteiger partial charge in [0.05, 0.1) is 12.5 Å². The molecule has 90 valence electrons. The first-order valence-electron chi connectivity index (χ1n) is 5.49. The number of hydrogen-bond acceptors (Lipinski definition) is 3. The minimum atomic E-state index is -3.06. The molecule has 5 heteroatoms. The van der Waals surface area contributed by atoms with E-state index in [0.29, 0.717) is 24.1 Å². The first-order valence-corrected chi connectivity index (χ1v) is 5.49. The van der Waals surface area contributed by atoms with Crippen LogP contribution in [0.25, 0.3) is 11.1 Å². The number of hydrogen-bond donors (Lipinski definition) is 0. The van der Waals surface area contributed by atoms with Gasteiger partial charge in [0.25, 0.3) is 5.89 Å². The van der Waals surface area contributed by atoms with Crippen LogP contribution in [0.4, 0.5) is 8.78 Å². The first-order chi connectivity index (χ1) is 8.18. The van der Waals surface area contributed by atoms with Gasteiger partial charge in [-0.05, 0) is 18.6 Å². The number of aromatic nitrogens is 1. The second-order valence-corrected chi connectivity index (χ2v) is 4.17. The second-order valence-electron chi connectivity index (χ2n) is 4.17. The molecule has 1 fully saturated rings. The minimum absolute atomic E-state index is 0.0612. The second kappa shape index (κ2) is 3.77. The fourth-order valence-electron chi connectivity index (χ4n) is 2.01. The van der Waals surface area contributed by atoms with Crippen molar-refractivity contribution >= 4 is 11.1 Å². The third-order valence-electron chi connectivity index (χ3n) is 3.02. The van der Waals surface area contributed by atoms with Crippen LogP contribution in [0.5, 0.6) is 0 Å². The number of rotatable bonds is 2. The van der Waals surface area contributed by atoms with Crippen LogP contribution >= 0.6 is 0 Å². The van der Waals surface area contributed by atoms with Crippen molar-refractivity contribution in [3.8, 4) is 0 Å². The van der Waals surface area contributed by atoms with Crippen molar-refractivity contribution < 1.29 is 17.9 Å². The lowest BCUT2D eigenvalue weighted by molar-refractivity contribution is -0.0868. The summed E-state index contributed by atoms with van der Waals surface area (Å²) in [5.74, 6) is -4.40. The minimum Gasteiger partial charge on any atom is -0.435 e. The van der Waals surface area contributed by atoms with E-state index in [-0.39, 0.29) is 6.61 Å². The molecular formula is C12H11F2NO2. The number of alkyl halides is 2. The van der Waals surface area contributed by atoms with Gasteiger partial charge in [-0.2, -0.15) is 8.78 Å². The number of para-hydroxylation sites is 2. The van der Waals surface area contributed by atoms with E-state index in [0.717, 1.165) is 0 Å². The highest BCUT2D eigenvalue weighted by Gasteiger charge is 2.47. The molecule has 0 aliphatic carbocycles. The fourth-order valence-corrected chi connectivity index (χ4v) is 2.01. The summed E-state index contributed by atoms with van der Waals surface area (Å²) in [4.78, 5) is 3.86. The molecule has 1 aromatic heterocycles. The molecule has 1 atom stereocenters. The van der Waals surface area contributed by atoms with Crippen LogP contribution in [0.3, 0.4) is 0 Å². The maximum atomic E-state index is 14.1. The van der Waals surface area contributed by atoms with Gasteiger partial charge < -0.3 is 9.15 Å². The highest BCUT2D eigenvalue weighted by atomic mass is 19.3. The topological polar surface area (TPSA) is 35.3 Å². The Hall–Kier alpha value is -1.49. The monoisotopic (exact) mass is 239 g/mol. The highest BCUT2D eigenvalue weighted by molar-refractivity contribution is 5.72. The number of halogens is 2. The molecule has 1 aromatic carbocycles. The summed E-state index contributed by atoms with van der Waals surface area (Å²) in [6.45, 7) is 0.437. The maximum absolute atomic E-state index is 14.1. The quantitative estimate of drug-likeness (QED) is 0.808. The number of fused-ring (bicyclic) bond motifs is 1. The lowest BCUT2D eigenvalue weighted by Crippen LogP contribution is -2.26. The van der Waals surface area contributed by atoms with Crippen molar-refractivity contribution in [2.75, 3.05) is 13.2 Å². The predicted octanol–water partition coefficient (Wildman–Crippen LogP) is 2.96. The van der Waals surface area contributed by atoms with Crippen LogP contribution in [0.15, 0.2) is 28.7 Å². The Kier molecular flexibility index (Phi) is 2.36. The molecule has 2 aromatic rings. The van der Waals surface area contributed by atoms with Gasteiger partial charge in [-0.3, -0.25) is 0 Å². The van der Waals surface area contributed by atoms with Gasteiger partial charge in [-0.1, -0.05) is 12.1 Å². The van der Waals surface area contributed by atoms with Crippen molar-refractivity contribution in [2.45, 2.75) is 12.3 Å². The van der Waals surface area contributed by atoms with Gasteiger partial charge in [0.1, 0.15) is 5.52 Å². The smallest absolute Gasteiger partial charge is 0.327 e. The van der Waals surface area contributed by atoms with Gasteiger partial charge in [-0.15, -0.1) is 0 Å². The Morgan fingerprint density at radius 1 is 1.29 bits per heavy atom. The predicted molar refractivity (Wildman–Crippen MR) is 56.8 cm³/mol. The van der Waals surface area contributed by atoms with Crippen LogP contribution in [0.2, 0.25) is 0 Å². The SMILES string of the molecule is FC(F)(c1nc2ccccc2o1)C1CCOC1. The molecular weight excluding hydrogens is 228 g/mol. The zero-order chi connectivity index (χ0) is 11.9. The summed E-state index contributed by atoms with van der Waals surface area (Å²) >= 11 is 0. The van der Waals surface area contributed by atoms with Gasteiger partial charge in [0.2, 0.25) is 0 Å². The summed E-state index contributed by atoms with van der Waals surface area (Å²) in [6, 6.07) is 6.76. The van der Waals surface area contributed by atoms with E-state index in [2.05, 4.69) is 4.98 Å². The Bertz CT molecular complexity index is 499. The van der Waals surface area contributed by atoms with Crippen molar-refractivity contribution in [2.24, 2.45) is 5.92 Å². The Morgan fingerprint density at radius 2 is 2.12 bits per heavy atom. The van der Waals surface area contributed by atoms with Crippen molar-refractivity contribution in [1.29, 1.82) is 0 Å². The fraction of sp³-hybridized carbons (Fsp3) is 0.417. The van der Waals surface area contributed by atoms with Crippen LogP contribution in [-0.2, 0) is 10.7 Å². The molecule has 0 bridgehead atoms. The van der Waals surface area contributed by atoms with E-state index in [4.69, 9.17) is 9.15 Å². The Morgan fingerprint density at radius 3 is 2.82 bits per heavy atom. The number of oxazole rings is 1. The van der Waals surface area contributed by atoms with Gasteiger partial charge in [-0.25, -0.2) is 4.98 Å². The van der Waals surface area contributed by atoms with Crippen LogP contribution in [0.1, 0.15) is 12.3 Å². The number of ether oxygens (including phenoxy) is 1. The van der Waals surface area contributed by atoms with Crippen molar-refractivity contribution in [1.82, 2.24) is 4.98 Å². The third-order valence-corrected chi connectivity index (χ3v) is 3.02. The maximum Gasteiger partial charge on any atom is 0.327 e. The summed E-state index contributed by atoms with van der Waals surface area (Å²) in [5.41, 5.74) is 0.849. The Labute approximate surface area is 96.4 Å². The summed E-state index contributed by atoms with van der Waals surface area (Å²) < 4.78 is 38.2. The normalized spacial score (nSPS) is 21.2. The van der Waals surface area contributed by atoms with Crippen LogP contribution < -0.4 is 0 Å². The highest BCUT2D eigenvalue weighted by Crippen LogP contribution is 2.40. The molecule has 2 heterocycles. The molecule has 1 unspecified atom stereocenters. The van der Waals surface area contributed by atoms with Crippen molar-refractivity contribution in [3.05, 3.63) is 30.2 Å². The standard InChI is InChI=1S/C12H11F2NO2/c13-12(14,8-5-6-16-7-8)11-15-9-3-1-2-4-10(9)17-11/h1-4,8H,5-7H2. The van der Waals surface area contributed by atoms with Gasteiger partial charge >= 0.3 is 5.92 Å². The van der Waals surface area contributed by atoms with Crippen LogP contribution in [0, 0.1) is 5.92 Å². The molecule has 1 aliphatic rings. The van der Waals surface area contributed by atoms with E-state index >= 15 is 0 Å². The molecule has 0 spiro atoms. The van der Waals surface area contributed by atoms with Gasteiger partial charge in [0.15, 0.2) is 5.58 Å². The summed E-state index contributed by atoms with van der Waals surface area (Å²) in [5, 5.41) is 0. The zero-order valence-corrected chi connectivity index (χ0v) is 9.03. The van der Waals surface area contributed by atoms with Crippen molar-refractivity contribution in [3.63, 3.8) is 0 Å². The van der Waals surface area contributed by atoms with E-state index in [9.17, 15) is 8.78 Å². The number of nitrogens with zero attached hydrogens (tertiary/aromatic N) is 1. The molecule has 0 amide bonds. The average molecular weight is 239 g/mol. The van der Waals surface area contributed by atoms with E-state index in [1.807, 2.05) is 0 Å². The zero-order valence-electron chi connectivity index (χ0n) is 9.03. The largest absolute Gasteiger partial charge is 0.435 e. The van der Waals surface area contributed by atoms with E-state index < -0.39 is 17.7 Å². The molecule has 1 saturated heterocycles. The first kappa shape index (κ1) is 10.7. The lowest BCUT2D eigenvalue weighted by Gasteiger charge is -2.17. The molecule has 0 N–H and O–H groups in total. The Balaban J connectivity index is 2.01. The van der Waals surface area contributed by atoms with E-state index in [1.54, 1.807) is 24.3 Å². The molecule has 0 radical (unpaired) electrons. The molecule has 1 aliphatic heterocycles. The molecule has 3 nitrogen and oxygen atoms in total. The molecule has 17 heavy (non-hydrogen) atoms. The molecule has 0 saturated carbocycles. The summed E-state index contributed by atoms with van der Waals surface area (Å²) in [7, 11) is 0.